The highest BCUT2D eigenvalue weighted by atomic mass is 19.1. The summed E-state index contributed by atoms with van der Waals surface area (Å²) in [5.41, 5.74) is 7.03. The molecular weight excluding hydrogens is 219 g/mol. The van der Waals surface area contributed by atoms with Crippen LogP contribution in [0.1, 0.15) is 32.4 Å². The van der Waals surface area contributed by atoms with E-state index in [1.54, 1.807) is 6.07 Å². The standard InChI is InChI=1S/C13H21FN2O/c1-9(15)11-7-10(14)5-6-12(11)16(4)13(2,3)8-17/h5-7,9,17H,8,15H2,1-4H3/t9-/m1/s1. The smallest absolute Gasteiger partial charge is 0.123 e. The van der Waals surface area contributed by atoms with Crippen LogP contribution in [0, 0.1) is 5.82 Å². The summed E-state index contributed by atoms with van der Waals surface area (Å²) in [6.45, 7) is 5.67. The first-order valence-electron chi connectivity index (χ1n) is 5.69. The normalized spacial score (nSPS) is 13.6. The zero-order chi connectivity index (χ0) is 13.2. The van der Waals surface area contributed by atoms with Gasteiger partial charge in [-0.15, -0.1) is 0 Å². The largest absolute Gasteiger partial charge is 0.394 e. The molecule has 3 nitrogen and oxygen atoms in total. The second kappa shape index (κ2) is 5.02. The SMILES string of the molecule is C[C@@H](N)c1cc(F)ccc1N(C)C(C)(C)CO. The van der Waals surface area contributed by atoms with E-state index in [1.807, 2.05) is 32.7 Å². The maximum absolute atomic E-state index is 13.2. The average molecular weight is 240 g/mol. The fraction of sp³-hybridized carbons (Fsp3) is 0.538. The van der Waals surface area contributed by atoms with Gasteiger partial charge in [0.25, 0.3) is 0 Å². The lowest BCUT2D eigenvalue weighted by molar-refractivity contribution is 0.216. The van der Waals surface area contributed by atoms with Crippen molar-refractivity contribution in [2.24, 2.45) is 5.73 Å². The van der Waals surface area contributed by atoms with Crippen molar-refractivity contribution in [2.75, 3.05) is 18.6 Å². The van der Waals surface area contributed by atoms with Gasteiger partial charge < -0.3 is 15.7 Å². The van der Waals surface area contributed by atoms with Gasteiger partial charge in [0.2, 0.25) is 0 Å². The number of aliphatic hydroxyl groups excluding tert-OH is 1. The molecule has 96 valence electrons. The Balaban J connectivity index is 3.22. The molecule has 4 heteroatoms. The van der Waals surface area contributed by atoms with Crippen LogP contribution >= 0.6 is 0 Å². The minimum atomic E-state index is -0.415. The summed E-state index contributed by atoms with van der Waals surface area (Å²) in [4.78, 5) is 1.92. The molecule has 0 aliphatic heterocycles. The van der Waals surface area contributed by atoms with E-state index >= 15 is 0 Å². The molecule has 17 heavy (non-hydrogen) atoms. The first-order valence-corrected chi connectivity index (χ1v) is 5.69. The second-order valence-corrected chi connectivity index (χ2v) is 5.02. The molecule has 1 rings (SSSR count). The Morgan fingerprint density at radius 1 is 1.47 bits per heavy atom. The van der Waals surface area contributed by atoms with Crippen LogP contribution < -0.4 is 10.6 Å². The molecule has 0 unspecified atom stereocenters. The summed E-state index contributed by atoms with van der Waals surface area (Å²) >= 11 is 0. The lowest BCUT2D eigenvalue weighted by Crippen LogP contribution is -2.45. The highest BCUT2D eigenvalue weighted by Crippen LogP contribution is 2.29. The van der Waals surface area contributed by atoms with Crippen molar-refractivity contribution in [2.45, 2.75) is 32.4 Å². The minimum Gasteiger partial charge on any atom is -0.394 e. The minimum absolute atomic E-state index is 0.0132. The summed E-state index contributed by atoms with van der Waals surface area (Å²) in [5.74, 6) is -0.295. The molecule has 0 aromatic heterocycles. The van der Waals surface area contributed by atoms with Crippen molar-refractivity contribution >= 4 is 5.69 Å². The number of hydrogen-bond donors (Lipinski definition) is 2. The molecule has 0 saturated carbocycles. The van der Waals surface area contributed by atoms with Gasteiger partial charge in [-0.25, -0.2) is 4.39 Å². The van der Waals surface area contributed by atoms with Crippen LogP contribution in [0.5, 0.6) is 0 Å². The van der Waals surface area contributed by atoms with Crippen LogP contribution in [-0.4, -0.2) is 24.3 Å². The van der Waals surface area contributed by atoms with E-state index in [-0.39, 0.29) is 18.5 Å². The van der Waals surface area contributed by atoms with Gasteiger partial charge in [-0.05, 0) is 44.5 Å². The number of likely N-dealkylation sites (N-methyl/N-ethyl adjacent to an activating group) is 1. The first kappa shape index (κ1) is 13.9. The van der Waals surface area contributed by atoms with Crippen LogP contribution in [0.25, 0.3) is 0 Å². The fourth-order valence-electron chi connectivity index (χ4n) is 1.63. The molecule has 0 radical (unpaired) electrons. The van der Waals surface area contributed by atoms with Gasteiger partial charge in [-0.3, -0.25) is 0 Å². The third kappa shape index (κ3) is 2.96. The molecular formula is C13H21FN2O. The van der Waals surface area contributed by atoms with E-state index in [1.165, 1.54) is 12.1 Å². The molecule has 1 aromatic rings. The van der Waals surface area contributed by atoms with E-state index in [0.29, 0.717) is 0 Å². The van der Waals surface area contributed by atoms with Crippen LogP contribution in [0.4, 0.5) is 10.1 Å². The summed E-state index contributed by atoms with van der Waals surface area (Å²) < 4.78 is 13.2. The molecule has 1 atom stereocenters. The van der Waals surface area contributed by atoms with Crippen LogP contribution in [0.15, 0.2) is 18.2 Å². The Morgan fingerprint density at radius 2 is 2.06 bits per heavy atom. The number of nitrogens with two attached hydrogens (primary N) is 1. The number of benzene rings is 1. The predicted molar refractivity (Wildman–Crippen MR) is 68.6 cm³/mol. The third-order valence-electron chi connectivity index (χ3n) is 3.14. The third-order valence-corrected chi connectivity index (χ3v) is 3.14. The lowest BCUT2D eigenvalue weighted by atomic mass is 9.99. The van der Waals surface area contributed by atoms with Gasteiger partial charge in [0.1, 0.15) is 5.82 Å². The van der Waals surface area contributed by atoms with Crippen LogP contribution in [-0.2, 0) is 0 Å². The number of anilines is 1. The summed E-state index contributed by atoms with van der Waals surface area (Å²) in [7, 11) is 1.87. The molecule has 0 aliphatic carbocycles. The number of nitrogens with zero attached hydrogens (tertiary/aromatic N) is 1. The summed E-state index contributed by atoms with van der Waals surface area (Å²) in [6.07, 6.45) is 0. The molecule has 0 saturated heterocycles. The molecule has 1 aromatic carbocycles. The zero-order valence-corrected chi connectivity index (χ0v) is 10.9. The molecule has 0 bridgehead atoms. The highest BCUT2D eigenvalue weighted by Gasteiger charge is 2.25. The first-order chi connectivity index (χ1) is 7.79. The number of hydrogen-bond acceptors (Lipinski definition) is 3. The van der Waals surface area contributed by atoms with E-state index in [4.69, 9.17) is 5.73 Å². The van der Waals surface area contributed by atoms with Crippen molar-refractivity contribution in [1.29, 1.82) is 0 Å². The molecule has 0 aliphatic rings. The van der Waals surface area contributed by atoms with Crippen molar-refractivity contribution in [3.63, 3.8) is 0 Å². The summed E-state index contributed by atoms with van der Waals surface area (Å²) in [5, 5.41) is 9.36. The average Bonchev–Trinajstić information content (AvgIpc) is 2.28. The fourth-order valence-corrected chi connectivity index (χ4v) is 1.63. The quantitative estimate of drug-likeness (QED) is 0.847. The number of aliphatic hydroxyl groups is 1. The molecule has 0 amide bonds. The summed E-state index contributed by atoms with van der Waals surface area (Å²) in [6, 6.07) is 4.30. The van der Waals surface area contributed by atoms with Gasteiger partial charge in [-0.1, -0.05) is 0 Å². The predicted octanol–water partition coefficient (Wildman–Crippen LogP) is 2.05. The number of rotatable bonds is 4. The molecule has 0 spiro atoms. The molecule has 0 heterocycles. The van der Waals surface area contributed by atoms with E-state index in [9.17, 15) is 9.50 Å². The van der Waals surface area contributed by atoms with Gasteiger partial charge in [0.15, 0.2) is 0 Å². The van der Waals surface area contributed by atoms with Gasteiger partial charge in [0, 0.05) is 18.8 Å². The topological polar surface area (TPSA) is 49.5 Å². The van der Waals surface area contributed by atoms with E-state index in [0.717, 1.165) is 11.3 Å². The van der Waals surface area contributed by atoms with E-state index in [2.05, 4.69) is 0 Å². The lowest BCUT2D eigenvalue weighted by Gasteiger charge is -2.37. The molecule has 3 N–H and O–H groups in total. The van der Waals surface area contributed by atoms with Gasteiger partial charge in [-0.2, -0.15) is 0 Å². The van der Waals surface area contributed by atoms with E-state index < -0.39 is 5.54 Å². The Hall–Kier alpha value is -1.13. The monoisotopic (exact) mass is 240 g/mol. The van der Waals surface area contributed by atoms with Crippen LogP contribution in [0.2, 0.25) is 0 Å². The highest BCUT2D eigenvalue weighted by molar-refractivity contribution is 5.56. The van der Waals surface area contributed by atoms with Crippen molar-refractivity contribution < 1.29 is 9.50 Å². The second-order valence-electron chi connectivity index (χ2n) is 5.02. The maximum Gasteiger partial charge on any atom is 0.123 e. The van der Waals surface area contributed by atoms with Crippen molar-refractivity contribution in [3.8, 4) is 0 Å². The van der Waals surface area contributed by atoms with Gasteiger partial charge >= 0.3 is 0 Å². The van der Waals surface area contributed by atoms with Crippen LogP contribution in [0.3, 0.4) is 0 Å². The van der Waals surface area contributed by atoms with Crippen molar-refractivity contribution in [3.05, 3.63) is 29.6 Å². The van der Waals surface area contributed by atoms with Crippen molar-refractivity contribution in [1.82, 2.24) is 0 Å². The number of halogens is 1. The zero-order valence-electron chi connectivity index (χ0n) is 10.9. The Labute approximate surface area is 102 Å². The Bertz CT molecular complexity index is 391. The Kier molecular flexibility index (Phi) is 4.11. The maximum atomic E-state index is 13.2. The van der Waals surface area contributed by atoms with Gasteiger partial charge in [0.05, 0.1) is 12.1 Å². The molecule has 0 fully saturated rings. The Morgan fingerprint density at radius 3 is 2.53 bits per heavy atom.